The van der Waals surface area contributed by atoms with E-state index in [1.165, 1.54) is 28.7 Å². The van der Waals surface area contributed by atoms with Crippen LogP contribution < -0.4 is 5.32 Å². The maximum atomic E-state index is 13.6. The van der Waals surface area contributed by atoms with E-state index in [0.29, 0.717) is 21.8 Å². The van der Waals surface area contributed by atoms with Gasteiger partial charge in [0.2, 0.25) is 0 Å². The Labute approximate surface area is 230 Å². The second-order valence-electron chi connectivity index (χ2n) is 8.91. The molecular formula is C28H24F3N3O3S2. The number of alkyl halides is 3. The summed E-state index contributed by atoms with van der Waals surface area (Å²) >= 11 is 2.85. The van der Waals surface area contributed by atoms with Crippen LogP contribution in [0.4, 0.5) is 23.8 Å². The number of benzene rings is 2. The number of aromatic nitrogens is 2. The van der Waals surface area contributed by atoms with E-state index in [-0.39, 0.29) is 18.6 Å². The molecule has 0 aliphatic heterocycles. The summed E-state index contributed by atoms with van der Waals surface area (Å²) in [6, 6.07) is 17.5. The van der Waals surface area contributed by atoms with Crippen LogP contribution in [0.3, 0.4) is 0 Å². The lowest BCUT2D eigenvalue weighted by molar-refractivity contribution is -0.138. The Balaban J connectivity index is 1.38. The first-order valence-corrected chi connectivity index (χ1v) is 13.7. The number of carbonyl (C=O) groups is 1. The number of hydrogen-bond donors (Lipinski definition) is 2. The van der Waals surface area contributed by atoms with Gasteiger partial charge in [-0.15, -0.1) is 22.7 Å². The lowest BCUT2D eigenvalue weighted by atomic mass is 10.0. The third-order valence-corrected chi connectivity index (χ3v) is 8.64. The fourth-order valence-corrected chi connectivity index (χ4v) is 6.69. The number of ether oxygens (including phenoxy) is 1. The van der Waals surface area contributed by atoms with Crippen LogP contribution in [0.15, 0.2) is 66.9 Å². The van der Waals surface area contributed by atoms with Gasteiger partial charge in [0.05, 0.1) is 17.3 Å². The van der Waals surface area contributed by atoms with Crippen molar-refractivity contribution in [2.75, 3.05) is 11.9 Å². The summed E-state index contributed by atoms with van der Waals surface area (Å²) in [4.78, 5) is 14.2. The summed E-state index contributed by atoms with van der Waals surface area (Å²) in [5.41, 5.74) is 1.40. The predicted octanol–water partition coefficient (Wildman–Crippen LogP) is 7.89. The van der Waals surface area contributed by atoms with Crippen LogP contribution in [0.1, 0.15) is 29.7 Å². The topological polar surface area (TPSA) is 76.4 Å². The van der Waals surface area contributed by atoms with Crippen molar-refractivity contribution in [2.45, 2.75) is 25.6 Å². The summed E-state index contributed by atoms with van der Waals surface area (Å²) in [5, 5.41) is 16.2. The van der Waals surface area contributed by atoms with Crippen LogP contribution in [0.2, 0.25) is 0 Å². The minimum atomic E-state index is -4.51. The molecule has 202 valence electrons. The second-order valence-corrected chi connectivity index (χ2v) is 11.1. The third-order valence-electron chi connectivity index (χ3n) is 6.27. The van der Waals surface area contributed by atoms with E-state index in [0.717, 1.165) is 25.9 Å². The average Bonchev–Trinajstić information content (AvgIpc) is 3.58. The van der Waals surface area contributed by atoms with Gasteiger partial charge in [-0.1, -0.05) is 42.5 Å². The van der Waals surface area contributed by atoms with Gasteiger partial charge in [-0.05, 0) is 48.2 Å². The summed E-state index contributed by atoms with van der Waals surface area (Å²) in [5.74, 6) is 0.476. The number of aryl methyl sites for hydroxylation is 1. The van der Waals surface area contributed by atoms with E-state index in [2.05, 4.69) is 10.4 Å². The molecule has 0 bridgehead atoms. The zero-order valence-electron chi connectivity index (χ0n) is 21.0. The van der Waals surface area contributed by atoms with Gasteiger partial charge in [-0.3, -0.25) is 10.00 Å². The molecule has 1 atom stereocenters. The van der Waals surface area contributed by atoms with Crippen molar-refractivity contribution in [3.8, 4) is 20.9 Å². The van der Waals surface area contributed by atoms with Gasteiger partial charge < -0.3 is 9.84 Å². The van der Waals surface area contributed by atoms with Crippen molar-refractivity contribution in [2.24, 2.45) is 7.05 Å². The van der Waals surface area contributed by atoms with Gasteiger partial charge in [0.25, 0.3) is 0 Å². The highest BCUT2D eigenvalue weighted by Crippen LogP contribution is 2.44. The zero-order chi connectivity index (χ0) is 27.7. The zero-order valence-corrected chi connectivity index (χ0v) is 22.6. The Hall–Kier alpha value is -3.67. The molecule has 2 aromatic carbocycles. The molecule has 0 aliphatic carbocycles. The van der Waals surface area contributed by atoms with Gasteiger partial charge in [0.1, 0.15) is 11.9 Å². The number of fused-ring (bicyclic) bond motifs is 1. The Kier molecular flexibility index (Phi) is 7.48. The van der Waals surface area contributed by atoms with Crippen LogP contribution in [0.5, 0.6) is 0 Å². The number of hydrogen-bond acceptors (Lipinski definition) is 6. The molecule has 0 aliphatic rings. The molecule has 6 nitrogen and oxygen atoms in total. The molecular weight excluding hydrogens is 547 g/mol. The SMILES string of the molecule is CC(OC(=O)Nc1c(-c2cc3sc(-c4ccc(CCO)c(C(F)(F)F)c4)cc3s2)cnn1C)c1ccccc1. The number of halogens is 3. The molecule has 3 heterocycles. The minimum Gasteiger partial charge on any atom is -0.441 e. The molecule has 0 spiro atoms. The fraction of sp³-hybridized carbons (Fsp3) is 0.214. The van der Waals surface area contributed by atoms with E-state index in [1.54, 1.807) is 30.9 Å². The van der Waals surface area contributed by atoms with Crippen LogP contribution >= 0.6 is 22.7 Å². The highest BCUT2D eigenvalue weighted by atomic mass is 32.1. The largest absolute Gasteiger partial charge is 0.441 e. The van der Waals surface area contributed by atoms with E-state index in [1.807, 2.05) is 42.5 Å². The van der Waals surface area contributed by atoms with Crippen molar-refractivity contribution in [1.82, 2.24) is 9.78 Å². The third kappa shape index (κ3) is 5.70. The summed E-state index contributed by atoms with van der Waals surface area (Å²) < 4.78 is 49.8. The molecule has 1 unspecified atom stereocenters. The fourth-order valence-electron chi connectivity index (χ4n) is 4.29. The summed E-state index contributed by atoms with van der Waals surface area (Å²) in [7, 11) is 1.71. The number of anilines is 1. The Bertz CT molecular complexity index is 1590. The standard InChI is InChI=1S/C28H24F3N3O3S2/c1-16(17-6-4-3-5-7-17)37-27(36)33-26-20(15-32-34(26)2)23-14-25-24(39-23)13-22(38-25)19-9-8-18(10-11-35)21(12-19)28(29,30)31/h3-9,12-16,35H,10-11H2,1-2H3,(H,33,36). The van der Waals surface area contributed by atoms with E-state index >= 15 is 0 Å². The van der Waals surface area contributed by atoms with Crippen LogP contribution in [0, 0.1) is 0 Å². The molecule has 0 saturated heterocycles. The number of rotatable bonds is 7. The number of nitrogens with zero attached hydrogens (tertiary/aromatic N) is 2. The first-order chi connectivity index (χ1) is 18.6. The number of carbonyl (C=O) groups excluding carboxylic acids is 1. The maximum Gasteiger partial charge on any atom is 0.416 e. The second kappa shape index (κ2) is 10.8. The predicted molar refractivity (Wildman–Crippen MR) is 148 cm³/mol. The van der Waals surface area contributed by atoms with Crippen molar-refractivity contribution in [3.63, 3.8) is 0 Å². The molecule has 3 aromatic heterocycles. The summed E-state index contributed by atoms with van der Waals surface area (Å²) in [6.07, 6.45) is -3.96. The minimum absolute atomic E-state index is 0.0573. The Morgan fingerprint density at radius 1 is 1.08 bits per heavy atom. The van der Waals surface area contributed by atoms with Crippen molar-refractivity contribution < 1.29 is 27.8 Å². The highest BCUT2D eigenvalue weighted by molar-refractivity contribution is 7.31. The smallest absolute Gasteiger partial charge is 0.416 e. The molecule has 5 aromatic rings. The number of nitrogens with one attached hydrogen (secondary N) is 1. The highest BCUT2D eigenvalue weighted by Gasteiger charge is 2.33. The van der Waals surface area contributed by atoms with Crippen LogP contribution in [-0.2, 0) is 24.4 Å². The van der Waals surface area contributed by atoms with Gasteiger partial charge in [-0.25, -0.2) is 4.79 Å². The molecule has 11 heteroatoms. The van der Waals surface area contributed by atoms with E-state index in [4.69, 9.17) is 9.84 Å². The maximum absolute atomic E-state index is 13.6. The van der Waals surface area contributed by atoms with Crippen molar-refractivity contribution in [1.29, 1.82) is 0 Å². The van der Waals surface area contributed by atoms with Gasteiger partial charge >= 0.3 is 12.3 Å². The van der Waals surface area contributed by atoms with Gasteiger partial charge in [0.15, 0.2) is 0 Å². The lowest BCUT2D eigenvalue weighted by Gasteiger charge is -2.14. The van der Waals surface area contributed by atoms with Crippen LogP contribution in [-0.4, -0.2) is 27.6 Å². The van der Waals surface area contributed by atoms with Gasteiger partial charge in [0, 0.05) is 32.8 Å². The molecule has 39 heavy (non-hydrogen) atoms. The van der Waals surface area contributed by atoms with Gasteiger partial charge in [-0.2, -0.15) is 18.3 Å². The Morgan fingerprint density at radius 2 is 1.77 bits per heavy atom. The average molecular weight is 572 g/mol. The monoisotopic (exact) mass is 571 g/mol. The van der Waals surface area contributed by atoms with Crippen molar-refractivity contribution in [3.05, 3.63) is 83.6 Å². The molecule has 0 radical (unpaired) electrons. The molecule has 1 amide bonds. The Morgan fingerprint density at radius 3 is 2.46 bits per heavy atom. The van der Waals surface area contributed by atoms with E-state index < -0.39 is 23.9 Å². The number of aliphatic hydroxyl groups is 1. The quantitative estimate of drug-likeness (QED) is 0.208. The number of aliphatic hydroxyl groups excluding tert-OH is 1. The first-order valence-electron chi connectivity index (χ1n) is 12.0. The molecule has 0 saturated carbocycles. The normalized spacial score (nSPS) is 12.6. The number of amides is 1. The van der Waals surface area contributed by atoms with E-state index in [9.17, 15) is 18.0 Å². The molecule has 5 rings (SSSR count). The molecule has 2 N–H and O–H groups in total. The van der Waals surface area contributed by atoms with Crippen LogP contribution in [0.25, 0.3) is 30.3 Å². The number of thiophene rings is 2. The van der Waals surface area contributed by atoms with Crippen molar-refractivity contribution >= 4 is 44.0 Å². The molecule has 0 fully saturated rings. The lowest BCUT2D eigenvalue weighted by Crippen LogP contribution is -2.18. The summed E-state index contributed by atoms with van der Waals surface area (Å²) in [6.45, 7) is 1.44. The first kappa shape index (κ1) is 26.9.